The maximum absolute atomic E-state index is 12.3. The molecule has 7 heteroatoms. The van der Waals surface area contributed by atoms with Crippen LogP contribution in [0.15, 0.2) is 48.5 Å². The third-order valence-corrected chi connectivity index (χ3v) is 3.38. The predicted octanol–water partition coefficient (Wildman–Crippen LogP) is 1.71. The molecule has 3 rings (SSSR count). The molecule has 0 aliphatic carbocycles. The zero-order chi connectivity index (χ0) is 16.2. The summed E-state index contributed by atoms with van der Waals surface area (Å²) in [7, 11) is 0. The molecule has 0 aliphatic rings. The summed E-state index contributed by atoms with van der Waals surface area (Å²) in [4.78, 5) is 24.3. The molecule has 1 unspecified atom stereocenters. The van der Waals surface area contributed by atoms with Crippen LogP contribution in [-0.4, -0.2) is 33.3 Å². The van der Waals surface area contributed by atoms with Crippen molar-refractivity contribution in [3.05, 3.63) is 54.1 Å². The highest BCUT2D eigenvalue weighted by atomic mass is 16.2. The van der Waals surface area contributed by atoms with Crippen molar-refractivity contribution in [1.29, 1.82) is 0 Å². The fraction of sp³-hybridized carbons (Fsp3) is 0.125. The lowest BCUT2D eigenvalue weighted by molar-refractivity contribution is -0.117. The summed E-state index contributed by atoms with van der Waals surface area (Å²) in [6, 6.07) is 13.3. The molecule has 0 saturated carbocycles. The molecule has 7 nitrogen and oxygen atoms in total. The van der Waals surface area contributed by atoms with E-state index in [0.29, 0.717) is 22.3 Å². The highest BCUT2D eigenvalue weighted by molar-refractivity contribution is 6.04. The molecular weight excluding hydrogens is 294 g/mol. The Labute approximate surface area is 132 Å². The van der Waals surface area contributed by atoms with E-state index < -0.39 is 6.04 Å². The summed E-state index contributed by atoms with van der Waals surface area (Å²) in [6.45, 7) is 1.62. The number of benzene rings is 2. The second-order valence-electron chi connectivity index (χ2n) is 5.05. The minimum absolute atomic E-state index is 0.298. The molecule has 0 bridgehead atoms. The van der Waals surface area contributed by atoms with Gasteiger partial charge in [0, 0.05) is 5.56 Å². The maximum Gasteiger partial charge on any atom is 0.251 e. The minimum Gasteiger partial charge on any atom is -0.341 e. The normalized spacial score (nSPS) is 11.9. The van der Waals surface area contributed by atoms with Crippen molar-refractivity contribution < 1.29 is 9.59 Å². The number of carbonyl (C=O) groups excluding carboxylic acids is 2. The van der Waals surface area contributed by atoms with Crippen molar-refractivity contribution in [3.8, 4) is 0 Å². The van der Waals surface area contributed by atoms with E-state index in [9.17, 15) is 9.59 Å². The van der Waals surface area contributed by atoms with Gasteiger partial charge in [-0.2, -0.15) is 15.4 Å². The maximum atomic E-state index is 12.3. The SMILES string of the molecule is CC(NC(=O)c1ccccc1)C(=O)Nc1cccc2n[nH]nc12. The molecule has 1 aromatic heterocycles. The van der Waals surface area contributed by atoms with Crippen LogP contribution in [0.5, 0.6) is 0 Å². The standard InChI is InChI=1S/C16H15N5O2/c1-10(17-16(23)11-6-3-2-4-7-11)15(22)18-12-8-5-9-13-14(12)20-21-19-13/h2-10H,1H3,(H,17,23)(H,18,22)(H,19,20,21). The molecule has 1 atom stereocenters. The number of aromatic nitrogens is 3. The third-order valence-electron chi connectivity index (χ3n) is 3.38. The van der Waals surface area contributed by atoms with Crippen molar-refractivity contribution in [2.24, 2.45) is 0 Å². The lowest BCUT2D eigenvalue weighted by Crippen LogP contribution is -2.41. The van der Waals surface area contributed by atoms with Gasteiger partial charge in [0.25, 0.3) is 5.91 Å². The number of anilines is 1. The van der Waals surface area contributed by atoms with E-state index in [1.807, 2.05) is 6.07 Å². The number of H-pyrrole nitrogens is 1. The van der Waals surface area contributed by atoms with E-state index in [1.54, 1.807) is 49.4 Å². The second-order valence-corrected chi connectivity index (χ2v) is 5.05. The van der Waals surface area contributed by atoms with Gasteiger partial charge in [0.15, 0.2) is 0 Å². The number of fused-ring (bicyclic) bond motifs is 1. The first-order chi connectivity index (χ1) is 11.1. The number of carbonyl (C=O) groups is 2. The van der Waals surface area contributed by atoms with Gasteiger partial charge in [0.2, 0.25) is 5.91 Å². The third kappa shape index (κ3) is 3.18. The first kappa shape index (κ1) is 14.7. The predicted molar refractivity (Wildman–Crippen MR) is 85.9 cm³/mol. The highest BCUT2D eigenvalue weighted by Gasteiger charge is 2.18. The molecule has 1 heterocycles. The van der Waals surface area contributed by atoms with Crippen molar-refractivity contribution >= 4 is 28.5 Å². The Bertz CT molecular complexity index is 844. The van der Waals surface area contributed by atoms with Crippen LogP contribution in [0.4, 0.5) is 5.69 Å². The first-order valence-corrected chi connectivity index (χ1v) is 7.11. The monoisotopic (exact) mass is 309 g/mol. The van der Waals surface area contributed by atoms with Gasteiger partial charge in [0.1, 0.15) is 17.1 Å². The average Bonchev–Trinajstić information content (AvgIpc) is 3.05. The number of hydrogen-bond acceptors (Lipinski definition) is 4. The van der Waals surface area contributed by atoms with Gasteiger partial charge in [-0.05, 0) is 31.2 Å². The molecule has 116 valence electrons. The Morgan fingerprint density at radius 3 is 2.61 bits per heavy atom. The fourth-order valence-corrected chi connectivity index (χ4v) is 2.14. The Balaban J connectivity index is 1.68. The number of nitrogens with one attached hydrogen (secondary N) is 3. The molecule has 0 spiro atoms. The van der Waals surface area contributed by atoms with Gasteiger partial charge in [-0.15, -0.1) is 0 Å². The van der Waals surface area contributed by atoms with E-state index in [2.05, 4.69) is 26.0 Å². The van der Waals surface area contributed by atoms with Gasteiger partial charge in [-0.1, -0.05) is 24.3 Å². The Kier molecular flexibility index (Phi) is 4.01. The average molecular weight is 309 g/mol. The molecular formula is C16H15N5O2. The van der Waals surface area contributed by atoms with Crippen LogP contribution in [0.25, 0.3) is 11.0 Å². The lowest BCUT2D eigenvalue weighted by Gasteiger charge is -2.14. The Morgan fingerprint density at radius 2 is 1.83 bits per heavy atom. The summed E-state index contributed by atoms with van der Waals surface area (Å²) in [5.41, 5.74) is 2.28. The zero-order valence-corrected chi connectivity index (χ0v) is 12.4. The van der Waals surface area contributed by atoms with Gasteiger partial charge in [-0.25, -0.2) is 0 Å². The summed E-state index contributed by atoms with van der Waals surface area (Å²) in [5.74, 6) is -0.627. The van der Waals surface area contributed by atoms with E-state index in [0.717, 1.165) is 0 Å². The number of para-hydroxylation sites is 1. The minimum atomic E-state index is -0.690. The molecule has 2 amide bonds. The van der Waals surface area contributed by atoms with Crippen LogP contribution in [0, 0.1) is 0 Å². The Hall–Kier alpha value is -3.22. The van der Waals surface area contributed by atoms with Gasteiger partial charge in [0.05, 0.1) is 5.69 Å². The number of amides is 2. The molecule has 3 N–H and O–H groups in total. The largest absolute Gasteiger partial charge is 0.341 e. The number of nitrogens with zero attached hydrogens (tertiary/aromatic N) is 2. The second kappa shape index (κ2) is 6.27. The zero-order valence-electron chi connectivity index (χ0n) is 12.4. The fourth-order valence-electron chi connectivity index (χ4n) is 2.14. The quantitative estimate of drug-likeness (QED) is 0.683. The molecule has 3 aromatic rings. The van der Waals surface area contributed by atoms with Gasteiger partial charge >= 0.3 is 0 Å². The van der Waals surface area contributed by atoms with Crippen molar-refractivity contribution in [2.45, 2.75) is 13.0 Å². The van der Waals surface area contributed by atoms with Crippen LogP contribution in [0.2, 0.25) is 0 Å². The smallest absolute Gasteiger partial charge is 0.251 e. The van der Waals surface area contributed by atoms with E-state index in [-0.39, 0.29) is 11.8 Å². The van der Waals surface area contributed by atoms with Crippen LogP contribution >= 0.6 is 0 Å². The molecule has 0 saturated heterocycles. The first-order valence-electron chi connectivity index (χ1n) is 7.11. The summed E-state index contributed by atoms with van der Waals surface area (Å²) in [6.07, 6.45) is 0. The summed E-state index contributed by atoms with van der Waals surface area (Å²) < 4.78 is 0. The molecule has 0 radical (unpaired) electrons. The van der Waals surface area contributed by atoms with Crippen molar-refractivity contribution in [3.63, 3.8) is 0 Å². The molecule has 0 fully saturated rings. The topological polar surface area (TPSA) is 99.8 Å². The molecule has 23 heavy (non-hydrogen) atoms. The molecule has 2 aromatic carbocycles. The van der Waals surface area contributed by atoms with Crippen LogP contribution < -0.4 is 10.6 Å². The highest BCUT2D eigenvalue weighted by Crippen LogP contribution is 2.18. The lowest BCUT2D eigenvalue weighted by atomic mass is 10.2. The van der Waals surface area contributed by atoms with Gasteiger partial charge < -0.3 is 10.6 Å². The summed E-state index contributed by atoms with van der Waals surface area (Å²) >= 11 is 0. The number of hydrogen-bond donors (Lipinski definition) is 3. The van der Waals surface area contributed by atoms with Crippen LogP contribution in [-0.2, 0) is 4.79 Å². The van der Waals surface area contributed by atoms with E-state index in [4.69, 9.17) is 0 Å². The van der Waals surface area contributed by atoms with E-state index >= 15 is 0 Å². The van der Waals surface area contributed by atoms with Gasteiger partial charge in [-0.3, -0.25) is 9.59 Å². The van der Waals surface area contributed by atoms with Crippen molar-refractivity contribution in [2.75, 3.05) is 5.32 Å². The Morgan fingerprint density at radius 1 is 1.04 bits per heavy atom. The van der Waals surface area contributed by atoms with Crippen molar-refractivity contribution in [1.82, 2.24) is 20.7 Å². The number of aromatic amines is 1. The van der Waals surface area contributed by atoms with Crippen LogP contribution in [0.3, 0.4) is 0 Å². The van der Waals surface area contributed by atoms with Crippen LogP contribution in [0.1, 0.15) is 17.3 Å². The number of rotatable bonds is 4. The molecule has 0 aliphatic heterocycles. The van der Waals surface area contributed by atoms with E-state index in [1.165, 1.54) is 0 Å². The summed E-state index contributed by atoms with van der Waals surface area (Å²) in [5, 5.41) is 15.9.